The van der Waals surface area contributed by atoms with Gasteiger partial charge >= 0.3 is 33.4 Å². The van der Waals surface area contributed by atoms with Crippen LogP contribution in [0.25, 0.3) is 49.7 Å². The number of hydrogen-bond acceptors (Lipinski definition) is 3. The SMILES string of the molecule is CC1(C)c2ccccc2-c2c1cc(OS(=O)(=O)C(F)(F)C(F)(F)C(F)(F)C(F)(F)F)c1c3ccccc3n(-c3ccc(-c4ccccc4)cc3)c21. The lowest BCUT2D eigenvalue weighted by Gasteiger charge is -2.32. The van der Waals surface area contributed by atoms with Crippen LogP contribution >= 0.6 is 0 Å². The molecule has 0 saturated heterocycles. The second kappa shape index (κ2) is 11.0. The van der Waals surface area contributed by atoms with Crippen molar-refractivity contribution in [1.82, 2.24) is 4.57 Å². The van der Waals surface area contributed by atoms with E-state index in [1.807, 2.05) is 42.5 Å². The number of benzene rings is 5. The fourth-order valence-electron chi connectivity index (χ4n) is 6.74. The largest absolute Gasteiger partial charge is 0.460 e. The highest BCUT2D eigenvalue weighted by Gasteiger charge is 2.86. The summed E-state index contributed by atoms with van der Waals surface area (Å²) in [7, 11) is -7.26. The van der Waals surface area contributed by atoms with E-state index in [0.717, 1.165) is 22.8 Å². The molecule has 0 atom stereocenters. The molecule has 5 aromatic carbocycles. The number of aromatic nitrogens is 1. The van der Waals surface area contributed by atoms with Crippen LogP contribution in [0.15, 0.2) is 109 Å². The zero-order valence-electron chi connectivity index (χ0n) is 26.4. The van der Waals surface area contributed by atoms with E-state index >= 15 is 8.78 Å². The number of para-hydroxylation sites is 1. The summed E-state index contributed by atoms with van der Waals surface area (Å²) in [6, 6.07) is 30.9. The van der Waals surface area contributed by atoms with Gasteiger partial charge in [-0.1, -0.05) is 98.8 Å². The van der Waals surface area contributed by atoms with Gasteiger partial charge in [-0.2, -0.15) is 47.9 Å². The lowest BCUT2D eigenvalue weighted by atomic mass is 9.82. The van der Waals surface area contributed by atoms with Gasteiger partial charge in [0.25, 0.3) is 0 Å². The van der Waals surface area contributed by atoms with Gasteiger partial charge in [0, 0.05) is 22.1 Å². The third-order valence-electron chi connectivity index (χ3n) is 9.31. The number of rotatable bonds is 7. The fourth-order valence-corrected chi connectivity index (χ4v) is 7.66. The maximum absolute atomic E-state index is 15.0. The van der Waals surface area contributed by atoms with Gasteiger partial charge in [0.2, 0.25) is 0 Å². The van der Waals surface area contributed by atoms with Gasteiger partial charge in [-0.25, -0.2) is 0 Å². The molecule has 0 spiro atoms. The Morgan fingerprint density at radius 2 is 1.22 bits per heavy atom. The molecule has 0 amide bonds. The van der Waals surface area contributed by atoms with E-state index in [9.17, 15) is 39.2 Å². The molecular formula is C37H24F9NO3S. The number of halogens is 9. The minimum Gasteiger partial charge on any atom is -0.377 e. The van der Waals surface area contributed by atoms with E-state index in [1.165, 1.54) is 12.1 Å². The third-order valence-corrected chi connectivity index (χ3v) is 10.6. The number of hydrogen-bond donors (Lipinski definition) is 0. The average Bonchev–Trinajstić information content (AvgIpc) is 3.54. The molecule has 1 aliphatic rings. The highest BCUT2D eigenvalue weighted by atomic mass is 32.2. The van der Waals surface area contributed by atoms with Crippen LogP contribution < -0.4 is 4.18 Å². The molecule has 0 bridgehead atoms. The molecule has 1 aliphatic carbocycles. The van der Waals surface area contributed by atoms with Crippen molar-refractivity contribution in [2.24, 2.45) is 0 Å². The van der Waals surface area contributed by atoms with Crippen LogP contribution in [0.2, 0.25) is 0 Å². The van der Waals surface area contributed by atoms with Crippen LogP contribution in [0.4, 0.5) is 39.5 Å². The van der Waals surface area contributed by atoms with Gasteiger partial charge in [0.15, 0.2) is 5.75 Å². The van der Waals surface area contributed by atoms with Gasteiger partial charge in [-0.3, -0.25) is 0 Å². The van der Waals surface area contributed by atoms with Crippen LogP contribution in [0.3, 0.4) is 0 Å². The summed E-state index contributed by atoms with van der Waals surface area (Å²) >= 11 is 0. The van der Waals surface area contributed by atoms with Crippen LogP contribution in [-0.4, -0.2) is 36.3 Å². The van der Waals surface area contributed by atoms with Gasteiger partial charge in [-0.05, 0) is 52.1 Å². The fraction of sp³-hybridized carbons (Fsp3) is 0.189. The van der Waals surface area contributed by atoms with Gasteiger partial charge in [0.1, 0.15) is 0 Å². The predicted octanol–water partition coefficient (Wildman–Crippen LogP) is 10.9. The Balaban J connectivity index is 1.53. The molecule has 0 radical (unpaired) electrons. The first-order valence-electron chi connectivity index (χ1n) is 15.2. The Morgan fingerprint density at radius 1 is 0.647 bits per heavy atom. The molecule has 51 heavy (non-hydrogen) atoms. The first kappa shape index (κ1) is 34.5. The number of alkyl halides is 9. The summed E-state index contributed by atoms with van der Waals surface area (Å²) in [6.07, 6.45) is -7.23. The van der Waals surface area contributed by atoms with Crippen molar-refractivity contribution in [2.75, 3.05) is 0 Å². The molecule has 6 aromatic rings. The molecule has 0 unspecified atom stereocenters. The Hall–Kier alpha value is -4.98. The molecule has 0 N–H and O–H groups in total. The van der Waals surface area contributed by atoms with Gasteiger partial charge in [-0.15, -0.1) is 0 Å². The zero-order valence-corrected chi connectivity index (χ0v) is 27.2. The second-order valence-corrected chi connectivity index (χ2v) is 14.2. The smallest absolute Gasteiger partial charge is 0.377 e. The summed E-state index contributed by atoms with van der Waals surface area (Å²) in [6.45, 7) is 3.46. The van der Waals surface area contributed by atoms with E-state index in [4.69, 9.17) is 0 Å². The Morgan fingerprint density at radius 3 is 1.86 bits per heavy atom. The van der Waals surface area contributed by atoms with Crippen molar-refractivity contribution in [3.8, 4) is 33.7 Å². The molecule has 264 valence electrons. The van der Waals surface area contributed by atoms with E-state index in [0.29, 0.717) is 27.9 Å². The maximum Gasteiger partial charge on any atom is 0.460 e. The van der Waals surface area contributed by atoms with E-state index in [-0.39, 0.29) is 16.3 Å². The Labute approximate surface area is 284 Å². The van der Waals surface area contributed by atoms with Crippen LogP contribution in [-0.2, 0) is 15.5 Å². The molecule has 0 fully saturated rings. The highest BCUT2D eigenvalue weighted by molar-refractivity contribution is 7.88. The summed E-state index contributed by atoms with van der Waals surface area (Å²) in [4.78, 5) is 0. The summed E-state index contributed by atoms with van der Waals surface area (Å²) in [5.41, 5.74) is 4.04. The topological polar surface area (TPSA) is 48.3 Å². The highest BCUT2D eigenvalue weighted by Crippen LogP contribution is 2.58. The molecule has 4 nitrogen and oxygen atoms in total. The quantitative estimate of drug-likeness (QED) is 0.121. The third kappa shape index (κ3) is 4.78. The van der Waals surface area contributed by atoms with Crippen molar-refractivity contribution >= 4 is 31.9 Å². The number of fused-ring (bicyclic) bond motifs is 7. The Kier molecular flexibility index (Phi) is 7.44. The normalized spacial score (nSPS) is 14.9. The Bertz CT molecular complexity index is 2450. The van der Waals surface area contributed by atoms with Crippen LogP contribution in [0.1, 0.15) is 25.0 Å². The van der Waals surface area contributed by atoms with Gasteiger partial charge < -0.3 is 8.75 Å². The minimum absolute atomic E-state index is 0.186. The van der Waals surface area contributed by atoms with E-state index < -0.39 is 44.6 Å². The summed E-state index contributed by atoms with van der Waals surface area (Å²) in [5, 5.41) is -7.05. The second-order valence-electron chi connectivity index (χ2n) is 12.7. The van der Waals surface area contributed by atoms with E-state index in [2.05, 4.69) is 4.18 Å². The van der Waals surface area contributed by atoms with Crippen LogP contribution in [0, 0.1) is 0 Å². The first-order valence-corrected chi connectivity index (χ1v) is 16.7. The van der Waals surface area contributed by atoms with Crippen molar-refractivity contribution in [3.63, 3.8) is 0 Å². The van der Waals surface area contributed by atoms with Crippen LogP contribution in [0.5, 0.6) is 5.75 Å². The first-order chi connectivity index (χ1) is 23.7. The van der Waals surface area contributed by atoms with Crippen molar-refractivity contribution < 1.29 is 52.1 Å². The molecule has 1 aromatic heterocycles. The lowest BCUT2D eigenvalue weighted by Crippen LogP contribution is -2.63. The van der Waals surface area contributed by atoms with Gasteiger partial charge in [0.05, 0.1) is 16.4 Å². The number of nitrogens with zero attached hydrogens (tertiary/aromatic N) is 1. The average molecular weight is 734 g/mol. The predicted molar refractivity (Wildman–Crippen MR) is 174 cm³/mol. The molecule has 0 aliphatic heterocycles. The standard InChI is InChI=1S/C37H24F9NO3S/c1-33(2)26-14-8-6-12-24(26)30-27(33)20-29(50-51(48,49)37(45,46)35(40,41)34(38,39)36(42,43)44)31-25-13-7-9-15-28(25)47(32(30)31)23-18-16-22(17-19-23)21-10-4-3-5-11-21/h3-20H,1-2H3. The monoisotopic (exact) mass is 733 g/mol. The molecule has 1 heterocycles. The maximum atomic E-state index is 15.0. The minimum atomic E-state index is -7.46. The van der Waals surface area contributed by atoms with E-state index in [1.54, 1.807) is 66.9 Å². The molecule has 0 saturated carbocycles. The zero-order chi connectivity index (χ0) is 36.9. The molecule has 14 heteroatoms. The van der Waals surface area contributed by atoms with Crippen molar-refractivity contribution in [2.45, 2.75) is 42.5 Å². The van der Waals surface area contributed by atoms with Crippen molar-refractivity contribution in [3.05, 3.63) is 120 Å². The molecule has 7 rings (SSSR count). The summed E-state index contributed by atoms with van der Waals surface area (Å²) < 4.78 is 158. The molecular weight excluding hydrogens is 709 g/mol. The summed E-state index contributed by atoms with van der Waals surface area (Å²) in [5.74, 6) is -15.9. The van der Waals surface area contributed by atoms with Crippen molar-refractivity contribution in [1.29, 1.82) is 0 Å². The lowest BCUT2D eigenvalue weighted by molar-refractivity contribution is -0.382.